The Morgan fingerprint density at radius 3 is 2.86 bits per heavy atom. The lowest BCUT2D eigenvalue weighted by molar-refractivity contribution is 0.278. The molecular weight excluding hydrogens is 374 g/mol. The normalized spacial score (nSPS) is 12.1. The van der Waals surface area contributed by atoms with Gasteiger partial charge in [0, 0.05) is 29.3 Å². The Kier molecular flexibility index (Phi) is 5.19. The summed E-state index contributed by atoms with van der Waals surface area (Å²) in [5, 5.41) is 10.6. The topological polar surface area (TPSA) is 77.4 Å². The molecule has 6 nitrogen and oxygen atoms in total. The number of aromatic nitrogens is 3. The van der Waals surface area contributed by atoms with E-state index in [0.717, 1.165) is 44.5 Å². The Labute approximate surface area is 168 Å². The highest BCUT2D eigenvalue weighted by molar-refractivity contribution is 7.99. The Hall–Kier alpha value is -2.64. The molecule has 1 aliphatic rings. The van der Waals surface area contributed by atoms with Crippen LogP contribution in [-0.2, 0) is 13.0 Å². The average molecular weight is 395 g/mol. The molecule has 0 saturated carbocycles. The fourth-order valence-electron chi connectivity index (χ4n) is 3.24. The second-order valence-electron chi connectivity index (χ2n) is 6.41. The van der Waals surface area contributed by atoms with Gasteiger partial charge in [-0.3, -0.25) is 4.98 Å². The summed E-state index contributed by atoms with van der Waals surface area (Å²) in [6, 6.07) is 7.68. The van der Waals surface area contributed by atoms with Crippen molar-refractivity contribution in [2.24, 2.45) is 0 Å². The Morgan fingerprint density at radius 2 is 2.11 bits per heavy atom. The smallest absolute Gasteiger partial charge is 0.227 e. The first-order chi connectivity index (χ1) is 13.6. The number of ether oxygens (including phenoxy) is 2. The van der Waals surface area contributed by atoms with Gasteiger partial charge in [0.05, 0.1) is 25.0 Å². The second kappa shape index (κ2) is 7.77. The summed E-state index contributed by atoms with van der Waals surface area (Å²) in [5.41, 5.74) is 4.33. The van der Waals surface area contributed by atoms with Crippen molar-refractivity contribution in [3.63, 3.8) is 0 Å². The summed E-state index contributed by atoms with van der Waals surface area (Å²) in [5.74, 6) is 3.47. The van der Waals surface area contributed by atoms with Crippen LogP contribution in [0.15, 0.2) is 35.5 Å². The van der Waals surface area contributed by atoms with Crippen LogP contribution >= 0.6 is 11.8 Å². The van der Waals surface area contributed by atoms with Crippen LogP contribution in [0.25, 0.3) is 11.4 Å². The Bertz CT molecular complexity index is 1040. The molecule has 1 aliphatic heterocycles. The molecule has 3 heterocycles. The van der Waals surface area contributed by atoms with Gasteiger partial charge in [0.25, 0.3) is 0 Å². The van der Waals surface area contributed by atoms with E-state index in [1.54, 1.807) is 25.1 Å². The molecule has 2 aromatic heterocycles. The van der Waals surface area contributed by atoms with Crippen molar-refractivity contribution in [3.05, 3.63) is 52.8 Å². The molecule has 0 aliphatic carbocycles. The van der Waals surface area contributed by atoms with Gasteiger partial charge in [-0.15, -0.1) is 11.8 Å². The molecule has 0 fully saturated rings. The minimum atomic E-state index is -0.0761. The number of aryl methyl sites for hydroxylation is 1. The van der Waals surface area contributed by atoms with E-state index in [1.807, 2.05) is 31.2 Å². The van der Waals surface area contributed by atoms with Crippen molar-refractivity contribution in [3.8, 4) is 28.8 Å². The van der Waals surface area contributed by atoms with Crippen LogP contribution in [0.1, 0.15) is 29.3 Å². The number of nitrogens with zero attached hydrogens (tertiary/aromatic N) is 3. The van der Waals surface area contributed by atoms with E-state index in [9.17, 15) is 5.11 Å². The molecule has 0 amide bonds. The lowest BCUT2D eigenvalue weighted by Crippen LogP contribution is -2.13. The number of hydrogen-bond donors (Lipinski definition) is 1. The quantitative estimate of drug-likeness (QED) is 0.402. The predicted octanol–water partition coefficient (Wildman–Crippen LogP) is 4.16. The Balaban J connectivity index is 1.85. The molecule has 0 atom stereocenters. The first kappa shape index (κ1) is 18.7. The van der Waals surface area contributed by atoms with E-state index in [4.69, 9.17) is 19.4 Å². The first-order valence-electron chi connectivity index (χ1n) is 9.08. The zero-order valence-corrected chi connectivity index (χ0v) is 16.8. The van der Waals surface area contributed by atoms with Gasteiger partial charge in [0.2, 0.25) is 5.88 Å². The molecule has 144 valence electrons. The van der Waals surface area contributed by atoms with E-state index in [2.05, 4.69) is 11.9 Å². The van der Waals surface area contributed by atoms with Crippen LogP contribution in [0.5, 0.6) is 17.4 Å². The molecule has 0 bridgehead atoms. The van der Waals surface area contributed by atoms with Crippen LogP contribution in [0.2, 0.25) is 0 Å². The van der Waals surface area contributed by atoms with Crippen molar-refractivity contribution < 1.29 is 14.6 Å². The first-order valence-corrected chi connectivity index (χ1v) is 10.1. The van der Waals surface area contributed by atoms with Crippen LogP contribution in [-0.4, -0.2) is 32.9 Å². The highest BCUT2D eigenvalue weighted by Crippen LogP contribution is 2.42. The van der Waals surface area contributed by atoms with E-state index < -0.39 is 0 Å². The highest BCUT2D eigenvalue weighted by Gasteiger charge is 2.27. The van der Waals surface area contributed by atoms with Gasteiger partial charge < -0.3 is 14.6 Å². The molecule has 0 unspecified atom stereocenters. The van der Waals surface area contributed by atoms with Gasteiger partial charge in [0.15, 0.2) is 11.6 Å². The van der Waals surface area contributed by atoms with E-state index in [1.165, 1.54) is 0 Å². The molecule has 3 aromatic rings. The number of hydrogen-bond acceptors (Lipinski definition) is 7. The van der Waals surface area contributed by atoms with Crippen LogP contribution in [0.3, 0.4) is 0 Å². The fourth-order valence-corrected chi connectivity index (χ4v) is 4.00. The van der Waals surface area contributed by atoms with Crippen molar-refractivity contribution in [1.82, 2.24) is 15.0 Å². The van der Waals surface area contributed by atoms with Crippen molar-refractivity contribution in [2.75, 3.05) is 12.9 Å². The summed E-state index contributed by atoms with van der Waals surface area (Å²) in [7, 11) is 1.64. The van der Waals surface area contributed by atoms with Gasteiger partial charge in [-0.1, -0.05) is 19.1 Å². The number of aliphatic hydroxyl groups is 1. The third-order valence-electron chi connectivity index (χ3n) is 4.67. The molecule has 7 heteroatoms. The number of rotatable bonds is 5. The van der Waals surface area contributed by atoms with Gasteiger partial charge in [-0.25, -0.2) is 4.98 Å². The third-order valence-corrected chi connectivity index (χ3v) is 5.57. The molecule has 4 rings (SSSR count). The van der Waals surface area contributed by atoms with Crippen molar-refractivity contribution >= 4 is 11.8 Å². The van der Waals surface area contributed by atoms with E-state index in [-0.39, 0.29) is 6.61 Å². The SMILES string of the molecule is CCSc1nc(-c2cccc(OC)c2)nc2c1Cc1c(CO)cnc(C)c1O2. The van der Waals surface area contributed by atoms with Crippen LogP contribution in [0.4, 0.5) is 0 Å². The van der Waals surface area contributed by atoms with E-state index >= 15 is 0 Å². The van der Waals surface area contributed by atoms with Crippen LogP contribution < -0.4 is 9.47 Å². The van der Waals surface area contributed by atoms with Gasteiger partial charge in [-0.05, 0) is 24.8 Å². The summed E-state index contributed by atoms with van der Waals surface area (Å²) >= 11 is 1.66. The van der Waals surface area contributed by atoms with Crippen molar-refractivity contribution in [2.45, 2.75) is 31.9 Å². The number of fused-ring (bicyclic) bond motifs is 2. The maximum atomic E-state index is 9.70. The molecule has 0 saturated heterocycles. The van der Waals surface area contributed by atoms with Crippen molar-refractivity contribution in [1.29, 1.82) is 0 Å². The minimum absolute atomic E-state index is 0.0761. The molecule has 1 aromatic carbocycles. The summed E-state index contributed by atoms with van der Waals surface area (Å²) in [4.78, 5) is 13.9. The van der Waals surface area contributed by atoms with E-state index in [0.29, 0.717) is 23.9 Å². The third kappa shape index (κ3) is 3.31. The van der Waals surface area contributed by atoms with Crippen LogP contribution in [0, 0.1) is 6.92 Å². The maximum Gasteiger partial charge on any atom is 0.227 e. The Morgan fingerprint density at radius 1 is 1.25 bits per heavy atom. The molecule has 0 radical (unpaired) electrons. The number of pyridine rings is 1. The monoisotopic (exact) mass is 395 g/mol. The molecule has 1 N–H and O–H groups in total. The average Bonchev–Trinajstić information content (AvgIpc) is 2.73. The second-order valence-corrected chi connectivity index (χ2v) is 7.67. The number of benzene rings is 1. The zero-order valence-electron chi connectivity index (χ0n) is 16.0. The van der Waals surface area contributed by atoms with Gasteiger partial charge in [0.1, 0.15) is 10.8 Å². The lowest BCUT2D eigenvalue weighted by Gasteiger charge is -2.24. The summed E-state index contributed by atoms with van der Waals surface area (Å²) in [6.07, 6.45) is 2.32. The number of thioether (sulfide) groups is 1. The number of aliphatic hydroxyl groups excluding tert-OH is 1. The maximum absolute atomic E-state index is 9.70. The molecule has 28 heavy (non-hydrogen) atoms. The van der Waals surface area contributed by atoms with Gasteiger partial charge in [-0.2, -0.15) is 4.98 Å². The predicted molar refractivity (Wildman–Crippen MR) is 108 cm³/mol. The summed E-state index contributed by atoms with van der Waals surface area (Å²) in [6.45, 7) is 3.92. The van der Waals surface area contributed by atoms with Gasteiger partial charge >= 0.3 is 0 Å². The summed E-state index contributed by atoms with van der Waals surface area (Å²) < 4.78 is 11.5. The molecular formula is C21H21N3O3S. The number of methoxy groups -OCH3 is 1. The zero-order chi connectivity index (χ0) is 19.7. The largest absolute Gasteiger partial charge is 0.497 e. The fraction of sp³-hybridized carbons (Fsp3) is 0.286. The lowest BCUT2D eigenvalue weighted by atomic mass is 9.99. The highest BCUT2D eigenvalue weighted by atomic mass is 32.2. The standard InChI is InChI=1S/C21H21N3O3S/c1-4-28-21-17-9-16-14(11-25)10-22-12(2)18(16)27-20(17)23-19(24-21)13-6-5-7-15(8-13)26-3/h5-8,10,25H,4,9,11H2,1-3H3. The molecule has 0 spiro atoms. The minimum Gasteiger partial charge on any atom is -0.497 e.